The van der Waals surface area contributed by atoms with Gasteiger partial charge in [0.05, 0.1) is 12.4 Å². The van der Waals surface area contributed by atoms with Gasteiger partial charge in [0, 0.05) is 5.56 Å². The standard InChI is InChI=1S/C23H20F3N2/c1-13-9-14(2)15(3)18(10-13)22-19-11-16-7-5-6-8-17(16)20(23(24,25)26)21(19)27-12-28(22)4/h5-12H,1-4H3/q+1. The fourth-order valence-corrected chi connectivity index (χ4v) is 3.95. The van der Waals surface area contributed by atoms with Gasteiger partial charge >= 0.3 is 6.18 Å². The molecular formula is C23H20F3N2+. The second kappa shape index (κ2) is 6.30. The molecule has 2 nitrogen and oxygen atoms in total. The van der Waals surface area contributed by atoms with E-state index in [1.807, 2.05) is 40.0 Å². The molecule has 0 spiro atoms. The molecule has 0 aliphatic heterocycles. The molecule has 0 aliphatic rings. The highest BCUT2D eigenvalue weighted by Gasteiger charge is 2.38. The molecule has 4 aromatic rings. The third-order valence-corrected chi connectivity index (χ3v) is 5.34. The zero-order chi connectivity index (χ0) is 20.2. The van der Waals surface area contributed by atoms with Crippen LogP contribution in [0.5, 0.6) is 0 Å². The Labute approximate surface area is 161 Å². The van der Waals surface area contributed by atoms with E-state index in [1.54, 1.807) is 22.8 Å². The first-order valence-corrected chi connectivity index (χ1v) is 9.04. The van der Waals surface area contributed by atoms with E-state index in [4.69, 9.17) is 0 Å². The van der Waals surface area contributed by atoms with E-state index in [9.17, 15) is 13.2 Å². The molecule has 5 heteroatoms. The predicted molar refractivity (Wildman–Crippen MR) is 105 cm³/mol. The van der Waals surface area contributed by atoms with Crippen molar-refractivity contribution in [2.45, 2.75) is 26.9 Å². The highest BCUT2D eigenvalue weighted by atomic mass is 19.4. The van der Waals surface area contributed by atoms with Crippen LogP contribution in [0.2, 0.25) is 0 Å². The number of benzene rings is 3. The predicted octanol–water partition coefficient (Wildman–Crippen LogP) is 5.82. The molecule has 0 fully saturated rings. The third kappa shape index (κ3) is 2.82. The summed E-state index contributed by atoms with van der Waals surface area (Å²) in [6.07, 6.45) is -3.03. The molecule has 1 aromatic heterocycles. The molecule has 0 saturated carbocycles. The lowest BCUT2D eigenvalue weighted by atomic mass is 9.93. The Morgan fingerprint density at radius 1 is 0.929 bits per heavy atom. The van der Waals surface area contributed by atoms with E-state index in [0.717, 1.165) is 27.9 Å². The summed E-state index contributed by atoms with van der Waals surface area (Å²) in [6, 6.07) is 12.5. The molecule has 0 aliphatic carbocycles. The number of hydrogen-bond acceptors (Lipinski definition) is 1. The second-order valence-corrected chi connectivity index (χ2v) is 7.33. The smallest absolute Gasteiger partial charge is 0.232 e. The molecule has 0 radical (unpaired) electrons. The summed E-state index contributed by atoms with van der Waals surface area (Å²) < 4.78 is 43.9. The topological polar surface area (TPSA) is 16.8 Å². The lowest BCUT2D eigenvalue weighted by molar-refractivity contribution is -0.662. The fraction of sp³-hybridized carbons (Fsp3) is 0.217. The number of aromatic nitrogens is 2. The van der Waals surface area contributed by atoms with Crippen molar-refractivity contribution in [2.75, 3.05) is 0 Å². The van der Waals surface area contributed by atoms with Crippen LogP contribution >= 0.6 is 0 Å². The van der Waals surface area contributed by atoms with Crippen LogP contribution in [0.3, 0.4) is 0 Å². The number of alkyl halides is 3. The summed E-state index contributed by atoms with van der Waals surface area (Å²) in [6.45, 7) is 6.02. The molecule has 0 bridgehead atoms. The molecule has 142 valence electrons. The molecule has 4 rings (SSSR count). The van der Waals surface area contributed by atoms with Gasteiger partial charge in [0.2, 0.25) is 0 Å². The van der Waals surface area contributed by atoms with Crippen molar-refractivity contribution < 1.29 is 17.7 Å². The number of rotatable bonds is 1. The Bertz CT molecular complexity index is 1240. The molecule has 0 unspecified atom stereocenters. The number of halogens is 3. The Morgan fingerprint density at radius 3 is 2.36 bits per heavy atom. The van der Waals surface area contributed by atoms with Gasteiger partial charge in [-0.3, -0.25) is 0 Å². The minimum Gasteiger partial charge on any atom is -0.232 e. The average Bonchev–Trinajstić information content (AvgIpc) is 2.62. The summed E-state index contributed by atoms with van der Waals surface area (Å²) in [7, 11) is 1.82. The van der Waals surface area contributed by atoms with Crippen LogP contribution in [-0.4, -0.2) is 4.98 Å². The van der Waals surface area contributed by atoms with Crippen LogP contribution in [0.25, 0.3) is 32.9 Å². The zero-order valence-corrected chi connectivity index (χ0v) is 16.1. The van der Waals surface area contributed by atoms with Crippen molar-refractivity contribution in [1.82, 2.24) is 4.98 Å². The number of aryl methyl sites for hydroxylation is 3. The van der Waals surface area contributed by atoms with Crippen LogP contribution in [-0.2, 0) is 13.2 Å². The van der Waals surface area contributed by atoms with Crippen molar-refractivity contribution in [3.63, 3.8) is 0 Å². The summed E-state index contributed by atoms with van der Waals surface area (Å²) in [5, 5.41) is 1.23. The molecule has 3 aromatic carbocycles. The molecule has 1 heterocycles. The lowest BCUT2D eigenvalue weighted by Crippen LogP contribution is -2.32. The summed E-state index contributed by atoms with van der Waals surface area (Å²) in [4.78, 5) is 4.20. The quantitative estimate of drug-likeness (QED) is 0.300. The number of nitrogens with zero attached hydrogens (tertiary/aromatic N) is 2. The van der Waals surface area contributed by atoms with Crippen LogP contribution in [0.15, 0.2) is 48.8 Å². The van der Waals surface area contributed by atoms with Gasteiger partial charge < -0.3 is 0 Å². The molecular weight excluding hydrogens is 361 g/mol. The minimum atomic E-state index is -4.50. The third-order valence-electron chi connectivity index (χ3n) is 5.34. The lowest BCUT2D eigenvalue weighted by Gasteiger charge is -2.15. The van der Waals surface area contributed by atoms with Crippen molar-refractivity contribution in [3.05, 3.63) is 71.0 Å². The fourth-order valence-electron chi connectivity index (χ4n) is 3.95. The Balaban J connectivity index is 2.24. The Hall–Kier alpha value is -2.95. The number of fused-ring (bicyclic) bond motifs is 2. The van der Waals surface area contributed by atoms with Crippen LogP contribution < -0.4 is 4.57 Å². The van der Waals surface area contributed by atoms with Gasteiger partial charge in [0.15, 0.2) is 5.52 Å². The van der Waals surface area contributed by atoms with Gasteiger partial charge in [-0.1, -0.05) is 35.9 Å². The van der Waals surface area contributed by atoms with E-state index < -0.39 is 11.7 Å². The molecule has 28 heavy (non-hydrogen) atoms. The zero-order valence-electron chi connectivity index (χ0n) is 16.1. The largest absolute Gasteiger partial charge is 0.421 e. The Morgan fingerprint density at radius 2 is 1.64 bits per heavy atom. The average molecular weight is 381 g/mol. The first-order chi connectivity index (χ1) is 13.2. The highest BCUT2D eigenvalue weighted by molar-refractivity contribution is 6.05. The second-order valence-electron chi connectivity index (χ2n) is 7.33. The van der Waals surface area contributed by atoms with E-state index in [1.165, 1.54) is 12.4 Å². The summed E-state index contributed by atoms with van der Waals surface area (Å²) in [5.41, 5.74) is 4.20. The highest BCUT2D eigenvalue weighted by Crippen LogP contribution is 2.41. The monoisotopic (exact) mass is 381 g/mol. The van der Waals surface area contributed by atoms with Gasteiger partial charge in [-0.05, 0) is 59.8 Å². The van der Waals surface area contributed by atoms with E-state index in [0.29, 0.717) is 10.8 Å². The Kier molecular flexibility index (Phi) is 4.14. The van der Waals surface area contributed by atoms with Crippen LogP contribution in [0.4, 0.5) is 13.2 Å². The summed E-state index contributed by atoms with van der Waals surface area (Å²) >= 11 is 0. The van der Waals surface area contributed by atoms with Gasteiger partial charge in [-0.2, -0.15) is 13.2 Å². The van der Waals surface area contributed by atoms with Crippen LogP contribution in [0.1, 0.15) is 22.3 Å². The molecule has 0 N–H and O–H groups in total. The maximum absolute atomic E-state index is 14.0. The van der Waals surface area contributed by atoms with Crippen LogP contribution in [0, 0.1) is 20.8 Å². The maximum Gasteiger partial charge on any atom is 0.421 e. The van der Waals surface area contributed by atoms with Gasteiger partial charge in [0.25, 0.3) is 6.33 Å². The van der Waals surface area contributed by atoms with Gasteiger partial charge in [-0.15, -0.1) is 0 Å². The minimum absolute atomic E-state index is 0.0159. The normalized spacial score (nSPS) is 12.1. The molecule has 0 saturated heterocycles. The maximum atomic E-state index is 14.0. The first kappa shape index (κ1) is 18.4. The summed E-state index contributed by atoms with van der Waals surface area (Å²) in [5.74, 6) is 0. The van der Waals surface area contributed by atoms with E-state index in [2.05, 4.69) is 11.1 Å². The van der Waals surface area contributed by atoms with Crippen molar-refractivity contribution >= 4 is 21.7 Å². The van der Waals surface area contributed by atoms with Crippen molar-refractivity contribution in [1.29, 1.82) is 0 Å². The molecule has 0 atom stereocenters. The molecule has 0 amide bonds. The number of hydrogen-bond donors (Lipinski definition) is 0. The SMILES string of the molecule is Cc1cc(C)c(C)c(-c2c3cc4ccccc4c(C(F)(F)F)c3nc[n+]2C)c1. The van der Waals surface area contributed by atoms with Gasteiger partial charge in [-0.25, -0.2) is 4.57 Å². The van der Waals surface area contributed by atoms with Gasteiger partial charge in [0.1, 0.15) is 11.3 Å². The van der Waals surface area contributed by atoms with E-state index in [-0.39, 0.29) is 10.9 Å². The van der Waals surface area contributed by atoms with Crippen molar-refractivity contribution in [2.24, 2.45) is 7.05 Å². The van der Waals surface area contributed by atoms with E-state index >= 15 is 0 Å². The van der Waals surface area contributed by atoms with Crippen molar-refractivity contribution in [3.8, 4) is 11.3 Å². The first-order valence-electron chi connectivity index (χ1n) is 9.04.